The second-order valence-corrected chi connectivity index (χ2v) is 5.92. The highest BCUT2D eigenvalue weighted by Gasteiger charge is 2.09. The van der Waals surface area contributed by atoms with Gasteiger partial charge < -0.3 is 0 Å². The summed E-state index contributed by atoms with van der Waals surface area (Å²) < 4.78 is 0. The number of unbranched alkanes of at least 4 members (excludes halogenated alkanes) is 3. The van der Waals surface area contributed by atoms with Gasteiger partial charge in [-0.1, -0.05) is 86.0 Å². The second kappa shape index (κ2) is 10.2. The van der Waals surface area contributed by atoms with E-state index in [-0.39, 0.29) is 0 Å². The Morgan fingerprint density at radius 1 is 0.688 bits per heavy atom. The second-order valence-electron chi connectivity index (χ2n) is 5.92. The molecule has 0 heteroatoms. The molecule has 0 aromatic rings. The average Bonchev–Trinajstić information content (AvgIpc) is 2.27. The third-order valence-corrected chi connectivity index (χ3v) is 4.19. The lowest BCUT2D eigenvalue weighted by Crippen LogP contribution is -2.07. The Morgan fingerprint density at radius 2 is 1.25 bits per heavy atom. The van der Waals surface area contributed by atoms with E-state index in [0.717, 1.165) is 17.8 Å². The average molecular weight is 226 g/mol. The van der Waals surface area contributed by atoms with Gasteiger partial charge >= 0.3 is 0 Å². The van der Waals surface area contributed by atoms with Crippen molar-refractivity contribution in [3.63, 3.8) is 0 Å². The molecule has 0 aromatic heterocycles. The van der Waals surface area contributed by atoms with Crippen molar-refractivity contribution in [1.29, 1.82) is 0 Å². The smallest absolute Gasteiger partial charge is 0.0394 e. The van der Waals surface area contributed by atoms with Crippen LogP contribution in [0.2, 0.25) is 0 Å². The summed E-state index contributed by atoms with van der Waals surface area (Å²) in [6.45, 7) is 11.8. The first-order chi connectivity index (χ1) is 7.61. The van der Waals surface area contributed by atoms with Crippen molar-refractivity contribution in [3.05, 3.63) is 0 Å². The van der Waals surface area contributed by atoms with Crippen molar-refractivity contribution in [1.82, 2.24) is 0 Å². The third-order valence-electron chi connectivity index (χ3n) is 4.19. The zero-order valence-corrected chi connectivity index (χ0v) is 12.4. The predicted octanol–water partition coefficient (Wildman–Crippen LogP) is 6.06. The summed E-state index contributed by atoms with van der Waals surface area (Å²) in [6, 6.07) is 0. The van der Waals surface area contributed by atoms with Crippen LogP contribution in [0.5, 0.6) is 0 Å². The summed E-state index contributed by atoms with van der Waals surface area (Å²) in [5, 5.41) is 0. The first kappa shape index (κ1) is 16.0. The molecule has 0 saturated heterocycles. The van der Waals surface area contributed by atoms with Crippen LogP contribution in [0.4, 0.5) is 0 Å². The first-order valence-electron chi connectivity index (χ1n) is 7.61. The molecule has 98 valence electrons. The molecule has 0 aliphatic carbocycles. The van der Waals surface area contributed by atoms with Gasteiger partial charge in [0.05, 0.1) is 0 Å². The van der Waals surface area contributed by atoms with Gasteiger partial charge in [-0.2, -0.15) is 0 Å². The van der Waals surface area contributed by atoms with Crippen molar-refractivity contribution in [2.75, 3.05) is 0 Å². The molecule has 0 nitrogen and oxygen atoms in total. The maximum absolute atomic E-state index is 2.38. The highest BCUT2D eigenvalue weighted by atomic mass is 14.2. The van der Waals surface area contributed by atoms with Crippen LogP contribution in [0.15, 0.2) is 0 Å². The van der Waals surface area contributed by atoms with Crippen LogP contribution in [0.3, 0.4) is 0 Å². The maximum Gasteiger partial charge on any atom is -0.0394 e. The molecule has 0 heterocycles. The molecule has 0 bridgehead atoms. The van der Waals surface area contributed by atoms with Crippen LogP contribution in [0.25, 0.3) is 0 Å². The molecular formula is C16H34. The minimum absolute atomic E-state index is 0.880. The SMILES string of the molecule is CCC(C)CCCCCCC(CC)C(C)C. The van der Waals surface area contributed by atoms with E-state index >= 15 is 0 Å². The summed E-state index contributed by atoms with van der Waals surface area (Å²) in [4.78, 5) is 0. The van der Waals surface area contributed by atoms with Gasteiger partial charge in [-0.25, -0.2) is 0 Å². The van der Waals surface area contributed by atoms with Crippen LogP contribution in [0, 0.1) is 17.8 Å². The lowest BCUT2D eigenvalue weighted by Gasteiger charge is -2.18. The molecule has 0 fully saturated rings. The Kier molecular flexibility index (Phi) is 10.2. The summed E-state index contributed by atoms with van der Waals surface area (Å²) in [5.74, 6) is 2.79. The van der Waals surface area contributed by atoms with Crippen LogP contribution in [-0.4, -0.2) is 0 Å². The number of hydrogen-bond donors (Lipinski definition) is 0. The highest BCUT2D eigenvalue weighted by Crippen LogP contribution is 2.22. The Morgan fingerprint density at radius 3 is 1.69 bits per heavy atom. The van der Waals surface area contributed by atoms with Crippen molar-refractivity contribution < 1.29 is 0 Å². The molecule has 0 aliphatic rings. The summed E-state index contributed by atoms with van der Waals surface area (Å²) >= 11 is 0. The van der Waals surface area contributed by atoms with Gasteiger partial charge in [-0.05, 0) is 17.8 Å². The molecule has 0 radical (unpaired) electrons. The quantitative estimate of drug-likeness (QED) is 0.397. The lowest BCUT2D eigenvalue weighted by atomic mass is 9.88. The van der Waals surface area contributed by atoms with Crippen LogP contribution in [-0.2, 0) is 0 Å². The monoisotopic (exact) mass is 226 g/mol. The molecule has 0 rings (SSSR count). The largest absolute Gasteiger partial charge is 0.0651 e. The van der Waals surface area contributed by atoms with Crippen molar-refractivity contribution in [3.8, 4) is 0 Å². The number of hydrogen-bond acceptors (Lipinski definition) is 0. The Bertz CT molecular complexity index is 137. The normalized spacial score (nSPS) is 15.4. The van der Waals surface area contributed by atoms with E-state index in [1.54, 1.807) is 0 Å². The van der Waals surface area contributed by atoms with Crippen LogP contribution in [0.1, 0.15) is 86.0 Å². The summed E-state index contributed by atoms with van der Waals surface area (Å²) in [6.07, 6.45) is 11.4. The molecule has 16 heavy (non-hydrogen) atoms. The Hall–Kier alpha value is 0. The third kappa shape index (κ3) is 8.19. The Balaban J connectivity index is 3.32. The van der Waals surface area contributed by atoms with Gasteiger partial charge in [0, 0.05) is 0 Å². The van der Waals surface area contributed by atoms with E-state index in [9.17, 15) is 0 Å². The highest BCUT2D eigenvalue weighted by molar-refractivity contribution is 4.61. The molecule has 0 N–H and O–H groups in total. The van der Waals surface area contributed by atoms with Gasteiger partial charge in [-0.3, -0.25) is 0 Å². The molecular weight excluding hydrogens is 192 g/mol. The van der Waals surface area contributed by atoms with E-state index in [1.165, 1.54) is 51.4 Å². The fourth-order valence-corrected chi connectivity index (χ4v) is 2.47. The molecule has 0 aromatic carbocycles. The van der Waals surface area contributed by atoms with Gasteiger partial charge in [0.2, 0.25) is 0 Å². The van der Waals surface area contributed by atoms with Crippen molar-refractivity contribution in [2.45, 2.75) is 86.0 Å². The van der Waals surface area contributed by atoms with Gasteiger partial charge in [-0.15, -0.1) is 0 Å². The van der Waals surface area contributed by atoms with Crippen LogP contribution < -0.4 is 0 Å². The minimum atomic E-state index is 0.880. The van der Waals surface area contributed by atoms with Gasteiger partial charge in [0.25, 0.3) is 0 Å². The zero-order chi connectivity index (χ0) is 12.4. The zero-order valence-electron chi connectivity index (χ0n) is 12.4. The van der Waals surface area contributed by atoms with E-state index in [2.05, 4.69) is 34.6 Å². The molecule has 0 amide bonds. The Labute approximate surface area is 104 Å². The molecule has 2 atom stereocenters. The van der Waals surface area contributed by atoms with E-state index < -0.39 is 0 Å². The summed E-state index contributed by atoms with van der Waals surface area (Å²) in [5.41, 5.74) is 0. The van der Waals surface area contributed by atoms with Crippen LogP contribution >= 0.6 is 0 Å². The van der Waals surface area contributed by atoms with E-state index in [0.29, 0.717) is 0 Å². The lowest BCUT2D eigenvalue weighted by molar-refractivity contribution is 0.334. The van der Waals surface area contributed by atoms with E-state index in [1.807, 2.05) is 0 Å². The summed E-state index contributed by atoms with van der Waals surface area (Å²) in [7, 11) is 0. The van der Waals surface area contributed by atoms with Crippen molar-refractivity contribution >= 4 is 0 Å². The molecule has 0 spiro atoms. The standard InChI is InChI=1S/C16H34/c1-6-15(5)12-10-8-9-11-13-16(7-2)14(3)4/h14-16H,6-13H2,1-5H3. The topological polar surface area (TPSA) is 0 Å². The first-order valence-corrected chi connectivity index (χ1v) is 7.61. The van der Waals surface area contributed by atoms with Gasteiger partial charge in [0.1, 0.15) is 0 Å². The van der Waals surface area contributed by atoms with E-state index in [4.69, 9.17) is 0 Å². The fraction of sp³-hybridized carbons (Fsp3) is 1.00. The fourth-order valence-electron chi connectivity index (χ4n) is 2.47. The van der Waals surface area contributed by atoms with Gasteiger partial charge in [0.15, 0.2) is 0 Å². The van der Waals surface area contributed by atoms with Crippen molar-refractivity contribution in [2.24, 2.45) is 17.8 Å². The maximum atomic E-state index is 2.38. The predicted molar refractivity (Wildman–Crippen MR) is 75.8 cm³/mol. The number of rotatable bonds is 10. The molecule has 2 unspecified atom stereocenters. The molecule has 0 aliphatic heterocycles. The minimum Gasteiger partial charge on any atom is -0.0651 e. The molecule has 0 saturated carbocycles.